The molecule has 2 fully saturated rings. The van der Waals surface area contributed by atoms with Crippen LogP contribution in [0.15, 0.2) is 24.3 Å². The van der Waals surface area contributed by atoms with Crippen LogP contribution in [0, 0.1) is 6.92 Å². The monoisotopic (exact) mass is 408 g/mol. The van der Waals surface area contributed by atoms with Crippen LogP contribution in [-0.4, -0.2) is 78.3 Å². The zero-order chi connectivity index (χ0) is 20.5. The second kappa shape index (κ2) is 8.00. The number of aromatic nitrogens is 4. The molecule has 0 unspecified atom stereocenters. The van der Waals surface area contributed by atoms with E-state index >= 15 is 0 Å². The van der Waals surface area contributed by atoms with Gasteiger partial charge in [0.25, 0.3) is 0 Å². The molecule has 30 heavy (non-hydrogen) atoms. The van der Waals surface area contributed by atoms with Gasteiger partial charge in [0.05, 0.1) is 26.4 Å². The molecule has 9 heteroatoms. The van der Waals surface area contributed by atoms with E-state index in [9.17, 15) is 4.79 Å². The molecule has 156 valence electrons. The van der Waals surface area contributed by atoms with Gasteiger partial charge >= 0.3 is 0 Å². The third-order valence-corrected chi connectivity index (χ3v) is 5.42. The second-order valence-corrected chi connectivity index (χ2v) is 7.53. The number of carbonyl (C=O) groups excluding carboxylic acids is 1. The number of anilines is 2. The first-order chi connectivity index (χ1) is 14.7. The van der Waals surface area contributed by atoms with Crippen molar-refractivity contribution in [2.24, 2.45) is 0 Å². The molecule has 0 saturated carbocycles. The number of aryl methyl sites for hydroxylation is 1. The Labute approximate surface area is 174 Å². The summed E-state index contributed by atoms with van der Waals surface area (Å²) in [6, 6.07) is 7.51. The SMILES string of the molecule is Cc1cccc(C(=O)c2nc3nc(N4CCOCC4)nc(N4CCOCC4)c3[nH]2)c1. The van der Waals surface area contributed by atoms with Gasteiger partial charge in [-0.3, -0.25) is 4.79 Å². The number of ether oxygens (including phenoxy) is 2. The van der Waals surface area contributed by atoms with Gasteiger partial charge in [-0.2, -0.15) is 9.97 Å². The number of fused-ring (bicyclic) bond motifs is 1. The van der Waals surface area contributed by atoms with Gasteiger partial charge in [-0.15, -0.1) is 0 Å². The molecule has 0 atom stereocenters. The lowest BCUT2D eigenvalue weighted by molar-refractivity contribution is 0.103. The Morgan fingerprint density at radius 1 is 0.967 bits per heavy atom. The highest BCUT2D eigenvalue weighted by Gasteiger charge is 2.24. The predicted molar refractivity (Wildman–Crippen MR) is 112 cm³/mol. The van der Waals surface area contributed by atoms with Crippen molar-refractivity contribution in [1.29, 1.82) is 0 Å². The summed E-state index contributed by atoms with van der Waals surface area (Å²) in [5.41, 5.74) is 2.82. The number of imidazole rings is 1. The Bertz CT molecular complexity index is 1070. The number of benzene rings is 1. The van der Waals surface area contributed by atoms with Gasteiger partial charge in [0.15, 0.2) is 17.3 Å². The number of nitrogens with zero attached hydrogens (tertiary/aromatic N) is 5. The van der Waals surface area contributed by atoms with Crippen LogP contribution in [0.5, 0.6) is 0 Å². The van der Waals surface area contributed by atoms with Gasteiger partial charge in [-0.25, -0.2) is 4.98 Å². The summed E-state index contributed by atoms with van der Waals surface area (Å²) in [7, 11) is 0. The number of rotatable bonds is 4. The summed E-state index contributed by atoms with van der Waals surface area (Å²) in [4.78, 5) is 34.6. The summed E-state index contributed by atoms with van der Waals surface area (Å²) in [6.45, 7) is 7.46. The van der Waals surface area contributed by atoms with Gasteiger partial charge < -0.3 is 24.3 Å². The van der Waals surface area contributed by atoms with Crippen LogP contribution in [0.1, 0.15) is 21.7 Å². The number of hydrogen-bond acceptors (Lipinski definition) is 8. The fourth-order valence-corrected chi connectivity index (χ4v) is 3.81. The van der Waals surface area contributed by atoms with Gasteiger partial charge in [0.1, 0.15) is 5.52 Å². The molecule has 0 aliphatic carbocycles. The second-order valence-electron chi connectivity index (χ2n) is 7.53. The molecule has 0 spiro atoms. The third kappa shape index (κ3) is 3.61. The number of morpholine rings is 2. The van der Waals surface area contributed by atoms with Crippen LogP contribution in [0.25, 0.3) is 11.2 Å². The minimum atomic E-state index is -0.155. The Balaban J connectivity index is 1.58. The maximum absolute atomic E-state index is 13.0. The number of ketones is 1. The molecule has 2 aliphatic rings. The number of nitrogens with one attached hydrogen (secondary N) is 1. The smallest absolute Gasteiger partial charge is 0.229 e. The summed E-state index contributed by atoms with van der Waals surface area (Å²) < 4.78 is 11.0. The Hall–Kier alpha value is -3.04. The lowest BCUT2D eigenvalue weighted by atomic mass is 10.1. The highest BCUT2D eigenvalue weighted by molar-refractivity contribution is 6.08. The maximum Gasteiger partial charge on any atom is 0.229 e. The Morgan fingerprint density at radius 2 is 1.67 bits per heavy atom. The number of H-pyrrole nitrogens is 1. The van der Waals surface area contributed by atoms with Crippen molar-refractivity contribution >= 4 is 28.7 Å². The zero-order valence-electron chi connectivity index (χ0n) is 16.9. The summed E-state index contributed by atoms with van der Waals surface area (Å²) >= 11 is 0. The van der Waals surface area contributed by atoms with Gasteiger partial charge in [-0.1, -0.05) is 23.8 Å². The van der Waals surface area contributed by atoms with E-state index in [0.717, 1.165) is 37.6 Å². The Kier molecular flexibility index (Phi) is 5.06. The molecule has 1 aromatic carbocycles. The topological polar surface area (TPSA) is 96.5 Å². The average Bonchev–Trinajstić information content (AvgIpc) is 3.23. The fraction of sp³-hybridized carbons (Fsp3) is 0.429. The van der Waals surface area contributed by atoms with Crippen LogP contribution in [0.3, 0.4) is 0 Å². The van der Waals surface area contributed by atoms with Crippen molar-refractivity contribution in [1.82, 2.24) is 19.9 Å². The molecular weight excluding hydrogens is 384 g/mol. The first-order valence-corrected chi connectivity index (χ1v) is 10.2. The fourth-order valence-electron chi connectivity index (χ4n) is 3.81. The largest absolute Gasteiger partial charge is 0.378 e. The molecule has 4 heterocycles. The molecule has 0 radical (unpaired) electrons. The predicted octanol–water partition coefficient (Wildman–Crippen LogP) is 1.57. The lowest BCUT2D eigenvalue weighted by Gasteiger charge is -2.30. The van der Waals surface area contributed by atoms with Crippen LogP contribution in [0.2, 0.25) is 0 Å². The number of aromatic amines is 1. The summed E-state index contributed by atoms with van der Waals surface area (Å²) in [5, 5.41) is 0. The molecule has 1 N–H and O–H groups in total. The van der Waals surface area contributed by atoms with E-state index in [4.69, 9.17) is 14.5 Å². The minimum Gasteiger partial charge on any atom is -0.378 e. The van der Waals surface area contributed by atoms with Crippen molar-refractivity contribution in [3.8, 4) is 0 Å². The molecule has 3 aromatic rings. The van der Waals surface area contributed by atoms with Crippen LogP contribution in [-0.2, 0) is 9.47 Å². The number of carbonyl (C=O) groups is 1. The normalized spacial score (nSPS) is 17.5. The van der Waals surface area contributed by atoms with Crippen molar-refractivity contribution in [2.45, 2.75) is 6.92 Å². The zero-order valence-corrected chi connectivity index (χ0v) is 16.9. The van der Waals surface area contributed by atoms with E-state index in [1.54, 1.807) is 6.07 Å². The average molecular weight is 408 g/mol. The van der Waals surface area contributed by atoms with Gasteiger partial charge in [-0.05, 0) is 13.0 Å². The van der Waals surface area contributed by atoms with E-state index in [1.807, 2.05) is 25.1 Å². The maximum atomic E-state index is 13.0. The van der Waals surface area contributed by atoms with E-state index in [1.165, 1.54) is 0 Å². The first-order valence-electron chi connectivity index (χ1n) is 10.2. The molecule has 5 rings (SSSR count). The van der Waals surface area contributed by atoms with Crippen molar-refractivity contribution in [2.75, 3.05) is 62.4 Å². The van der Waals surface area contributed by atoms with E-state index < -0.39 is 0 Å². The number of hydrogen-bond donors (Lipinski definition) is 1. The summed E-state index contributed by atoms with van der Waals surface area (Å²) in [6.07, 6.45) is 0. The summed E-state index contributed by atoms with van der Waals surface area (Å²) in [5.74, 6) is 1.50. The van der Waals surface area contributed by atoms with Crippen LogP contribution in [0.4, 0.5) is 11.8 Å². The van der Waals surface area contributed by atoms with Crippen molar-refractivity contribution in [3.63, 3.8) is 0 Å². The van der Waals surface area contributed by atoms with Crippen LogP contribution >= 0.6 is 0 Å². The third-order valence-electron chi connectivity index (χ3n) is 5.42. The van der Waals surface area contributed by atoms with E-state index in [-0.39, 0.29) is 11.6 Å². The van der Waals surface area contributed by atoms with E-state index in [2.05, 4.69) is 24.8 Å². The standard InChI is InChI=1S/C21H24N6O3/c1-14-3-2-4-15(13-14)17(28)19-22-16-18(23-19)24-21(27-7-11-30-12-8-27)25-20(16)26-5-9-29-10-6-26/h2-4,13H,5-12H2,1H3,(H,22,23,24,25). The van der Waals surface area contributed by atoms with Crippen molar-refractivity contribution in [3.05, 3.63) is 41.2 Å². The molecule has 2 aliphatic heterocycles. The Morgan fingerprint density at radius 3 is 2.37 bits per heavy atom. The highest BCUT2D eigenvalue weighted by Crippen LogP contribution is 2.27. The molecule has 0 amide bonds. The molecule has 2 aromatic heterocycles. The molecule has 2 saturated heterocycles. The van der Waals surface area contributed by atoms with Crippen LogP contribution < -0.4 is 9.80 Å². The lowest BCUT2D eigenvalue weighted by Crippen LogP contribution is -2.39. The quantitative estimate of drug-likeness (QED) is 0.650. The molecular formula is C21H24N6O3. The molecule has 0 bridgehead atoms. The highest BCUT2D eigenvalue weighted by atomic mass is 16.5. The first kappa shape index (κ1) is 19.0. The molecule has 9 nitrogen and oxygen atoms in total. The van der Waals surface area contributed by atoms with Crippen molar-refractivity contribution < 1.29 is 14.3 Å². The van der Waals surface area contributed by atoms with Gasteiger partial charge in [0, 0.05) is 31.7 Å². The van der Waals surface area contributed by atoms with E-state index in [0.29, 0.717) is 49.1 Å². The minimum absolute atomic E-state index is 0.155. The van der Waals surface area contributed by atoms with Gasteiger partial charge in [0.2, 0.25) is 11.7 Å².